The zero-order valence-electron chi connectivity index (χ0n) is 10.3. The number of hydrogen-bond donors (Lipinski definition) is 1. The van der Waals surface area contributed by atoms with Gasteiger partial charge in [0, 0.05) is 12.2 Å². The largest absolute Gasteiger partial charge is 0.369 e. The van der Waals surface area contributed by atoms with Crippen LogP contribution in [-0.4, -0.2) is 36.2 Å². The topological polar surface area (TPSA) is 93.4 Å². The van der Waals surface area contributed by atoms with Crippen molar-refractivity contribution in [3.05, 3.63) is 22.4 Å². The summed E-state index contributed by atoms with van der Waals surface area (Å²) in [6.07, 6.45) is 1.08. The van der Waals surface area contributed by atoms with Crippen LogP contribution >= 0.6 is 23.2 Å². The molecule has 0 aliphatic carbocycles. The van der Waals surface area contributed by atoms with Crippen molar-refractivity contribution < 1.29 is 13.2 Å². The summed E-state index contributed by atoms with van der Waals surface area (Å²) in [6, 6.07) is 0.745. The lowest BCUT2D eigenvalue weighted by Crippen LogP contribution is -2.42. The second-order valence-corrected chi connectivity index (χ2v) is 6.71. The smallest absolute Gasteiger partial charge is 0.245 e. The van der Waals surface area contributed by atoms with Crippen molar-refractivity contribution in [3.8, 4) is 0 Å². The number of amides is 1. The van der Waals surface area contributed by atoms with Crippen LogP contribution < -0.4 is 5.73 Å². The minimum absolute atomic E-state index is 0.00612. The maximum Gasteiger partial charge on any atom is 0.245 e. The zero-order valence-corrected chi connectivity index (χ0v) is 12.6. The van der Waals surface area contributed by atoms with E-state index in [9.17, 15) is 13.2 Å². The lowest BCUT2D eigenvalue weighted by atomic mass is 10.4. The van der Waals surface area contributed by atoms with E-state index in [0.29, 0.717) is 0 Å². The molecule has 0 atom stereocenters. The predicted octanol–water partition coefficient (Wildman–Crippen LogP) is 1.27. The van der Waals surface area contributed by atoms with Crippen LogP contribution in [0.1, 0.15) is 13.8 Å². The monoisotopic (exact) mass is 325 g/mol. The summed E-state index contributed by atoms with van der Waals surface area (Å²) in [5.74, 6) is -0.745. The summed E-state index contributed by atoms with van der Waals surface area (Å²) in [6.45, 7) is 2.84. The van der Waals surface area contributed by atoms with Crippen LogP contribution in [0, 0.1) is 0 Å². The number of pyridine rings is 1. The highest BCUT2D eigenvalue weighted by Crippen LogP contribution is 2.24. The number of rotatable bonds is 5. The van der Waals surface area contributed by atoms with E-state index in [0.717, 1.165) is 10.5 Å². The van der Waals surface area contributed by atoms with Crippen molar-refractivity contribution in [2.24, 2.45) is 5.73 Å². The van der Waals surface area contributed by atoms with Crippen molar-refractivity contribution in [1.82, 2.24) is 9.29 Å². The third-order valence-corrected chi connectivity index (χ3v) is 4.94. The molecule has 0 saturated heterocycles. The summed E-state index contributed by atoms with van der Waals surface area (Å²) >= 11 is 11.4. The van der Waals surface area contributed by atoms with E-state index < -0.39 is 28.5 Å². The SMILES string of the molecule is CC(C)N(CC(N)=O)S(=O)(=O)c1cnc(Cl)c(Cl)c1. The van der Waals surface area contributed by atoms with Gasteiger partial charge in [0.15, 0.2) is 0 Å². The number of hydrogen-bond acceptors (Lipinski definition) is 4. The number of carbonyl (C=O) groups is 1. The minimum Gasteiger partial charge on any atom is -0.369 e. The average molecular weight is 326 g/mol. The molecule has 1 aromatic rings. The molecule has 0 bridgehead atoms. The summed E-state index contributed by atoms with van der Waals surface area (Å²) < 4.78 is 25.7. The van der Waals surface area contributed by atoms with Crippen LogP contribution in [0.4, 0.5) is 0 Å². The molecule has 1 rings (SSSR count). The molecule has 0 aliphatic heterocycles. The molecule has 0 radical (unpaired) electrons. The Morgan fingerprint density at radius 1 is 1.47 bits per heavy atom. The predicted molar refractivity (Wildman–Crippen MR) is 72.5 cm³/mol. The van der Waals surface area contributed by atoms with Crippen LogP contribution in [0.3, 0.4) is 0 Å². The summed E-state index contributed by atoms with van der Waals surface area (Å²) in [5.41, 5.74) is 5.05. The molecule has 2 N–H and O–H groups in total. The normalized spacial score (nSPS) is 12.1. The summed E-state index contributed by atoms with van der Waals surface area (Å²) in [5, 5.41) is 0.0251. The fourth-order valence-corrected chi connectivity index (χ4v) is 3.29. The van der Waals surface area contributed by atoms with Crippen molar-refractivity contribution in [3.63, 3.8) is 0 Å². The standard InChI is InChI=1S/C10H13Cl2N3O3S/c1-6(2)15(5-9(13)16)19(17,18)7-3-8(11)10(12)14-4-7/h3-4,6H,5H2,1-2H3,(H2,13,16). The Morgan fingerprint density at radius 2 is 2.05 bits per heavy atom. The number of sulfonamides is 1. The molecule has 106 valence electrons. The second kappa shape index (κ2) is 6.04. The van der Waals surface area contributed by atoms with E-state index in [1.165, 1.54) is 6.07 Å². The van der Waals surface area contributed by atoms with Gasteiger partial charge in [0.1, 0.15) is 10.0 Å². The average Bonchev–Trinajstić information content (AvgIpc) is 2.28. The molecule has 19 heavy (non-hydrogen) atoms. The Hall–Kier alpha value is -0.890. The van der Waals surface area contributed by atoms with Gasteiger partial charge in [-0.2, -0.15) is 4.31 Å². The highest BCUT2D eigenvalue weighted by molar-refractivity contribution is 7.89. The van der Waals surface area contributed by atoms with Gasteiger partial charge < -0.3 is 5.73 Å². The molecule has 0 aliphatic rings. The Morgan fingerprint density at radius 3 is 2.47 bits per heavy atom. The first-order chi connectivity index (χ1) is 8.66. The molecular formula is C10H13Cl2N3O3S. The third kappa shape index (κ3) is 3.79. The van der Waals surface area contributed by atoms with Gasteiger partial charge in [-0.05, 0) is 19.9 Å². The van der Waals surface area contributed by atoms with Crippen LogP contribution in [0.15, 0.2) is 17.2 Å². The van der Waals surface area contributed by atoms with Crippen LogP contribution in [-0.2, 0) is 14.8 Å². The first kappa shape index (κ1) is 16.2. The first-order valence-electron chi connectivity index (χ1n) is 5.27. The van der Waals surface area contributed by atoms with E-state index >= 15 is 0 Å². The van der Waals surface area contributed by atoms with Gasteiger partial charge in [-0.3, -0.25) is 4.79 Å². The maximum atomic E-state index is 12.3. The molecule has 1 heterocycles. The molecule has 0 aromatic carbocycles. The summed E-state index contributed by atoms with van der Waals surface area (Å²) in [7, 11) is -3.91. The highest BCUT2D eigenvalue weighted by atomic mass is 35.5. The maximum absolute atomic E-state index is 12.3. The van der Waals surface area contributed by atoms with Gasteiger partial charge in [0.05, 0.1) is 11.6 Å². The minimum atomic E-state index is -3.91. The van der Waals surface area contributed by atoms with Gasteiger partial charge in [0.25, 0.3) is 0 Å². The Labute approximate surface area is 121 Å². The third-order valence-electron chi connectivity index (χ3n) is 2.27. The van der Waals surface area contributed by atoms with Gasteiger partial charge in [-0.1, -0.05) is 23.2 Å². The van der Waals surface area contributed by atoms with Crippen molar-refractivity contribution in [2.75, 3.05) is 6.54 Å². The van der Waals surface area contributed by atoms with Crippen molar-refractivity contribution in [2.45, 2.75) is 24.8 Å². The van der Waals surface area contributed by atoms with Crippen molar-refractivity contribution in [1.29, 1.82) is 0 Å². The van der Waals surface area contributed by atoms with E-state index in [1.807, 2.05) is 0 Å². The lowest BCUT2D eigenvalue weighted by Gasteiger charge is -2.24. The molecule has 9 heteroatoms. The van der Waals surface area contributed by atoms with Crippen molar-refractivity contribution >= 4 is 39.1 Å². The quantitative estimate of drug-likeness (QED) is 0.825. The lowest BCUT2D eigenvalue weighted by molar-refractivity contribution is -0.118. The summed E-state index contributed by atoms with van der Waals surface area (Å²) in [4.78, 5) is 14.5. The van der Waals surface area contributed by atoms with E-state index in [1.54, 1.807) is 13.8 Å². The molecule has 0 unspecified atom stereocenters. The zero-order chi connectivity index (χ0) is 14.8. The van der Waals surface area contributed by atoms with Crippen LogP contribution in [0.25, 0.3) is 0 Å². The number of halogens is 2. The number of nitrogens with zero attached hydrogens (tertiary/aromatic N) is 2. The molecule has 0 spiro atoms. The molecule has 1 aromatic heterocycles. The van der Waals surface area contributed by atoms with Gasteiger partial charge in [-0.25, -0.2) is 13.4 Å². The molecular weight excluding hydrogens is 313 g/mol. The highest BCUT2D eigenvalue weighted by Gasteiger charge is 2.29. The fourth-order valence-electron chi connectivity index (χ4n) is 1.38. The number of carbonyl (C=O) groups excluding carboxylic acids is 1. The van der Waals surface area contributed by atoms with Crippen LogP contribution in [0.2, 0.25) is 10.2 Å². The van der Waals surface area contributed by atoms with E-state index in [-0.39, 0.29) is 15.1 Å². The van der Waals surface area contributed by atoms with E-state index in [4.69, 9.17) is 28.9 Å². The first-order valence-corrected chi connectivity index (χ1v) is 7.47. The van der Waals surface area contributed by atoms with Crippen LogP contribution in [0.5, 0.6) is 0 Å². The van der Waals surface area contributed by atoms with Gasteiger partial charge >= 0.3 is 0 Å². The number of primary amides is 1. The molecule has 1 amide bonds. The van der Waals surface area contributed by atoms with Gasteiger partial charge in [0.2, 0.25) is 15.9 Å². The molecule has 6 nitrogen and oxygen atoms in total. The Kier molecular flexibility index (Phi) is 5.14. The fraction of sp³-hybridized carbons (Fsp3) is 0.400. The Bertz CT molecular complexity index is 590. The number of nitrogens with two attached hydrogens (primary N) is 1. The van der Waals surface area contributed by atoms with Gasteiger partial charge in [-0.15, -0.1) is 0 Å². The molecule has 0 saturated carbocycles. The second-order valence-electron chi connectivity index (χ2n) is 4.05. The number of aromatic nitrogens is 1. The Balaban J connectivity index is 3.26. The van der Waals surface area contributed by atoms with E-state index in [2.05, 4.69) is 4.98 Å². The molecule has 0 fully saturated rings.